The van der Waals surface area contributed by atoms with Gasteiger partial charge in [-0.15, -0.1) is 0 Å². The van der Waals surface area contributed by atoms with Crippen molar-refractivity contribution in [1.29, 1.82) is 0 Å². The number of aliphatic hydroxyl groups excluding tert-OH is 1. The quantitative estimate of drug-likeness (QED) is 0.624. The molecule has 1 aliphatic heterocycles. The third-order valence-electron chi connectivity index (χ3n) is 3.51. The number of aliphatic hydroxyl groups is 1. The summed E-state index contributed by atoms with van der Waals surface area (Å²) in [6.45, 7) is 2.75. The largest absolute Gasteiger partial charge is 0.478 e. The lowest BCUT2D eigenvalue weighted by Crippen LogP contribution is -2.43. The summed E-state index contributed by atoms with van der Waals surface area (Å²) in [5.41, 5.74) is -0.585. The van der Waals surface area contributed by atoms with E-state index in [0.29, 0.717) is 13.0 Å². The Morgan fingerprint density at radius 2 is 2.30 bits per heavy atom. The number of carboxylic acid groups (broad SMARTS) is 1. The second kappa shape index (κ2) is 5.41. The van der Waals surface area contributed by atoms with Crippen molar-refractivity contribution < 1.29 is 19.9 Å². The van der Waals surface area contributed by atoms with E-state index in [1.54, 1.807) is 4.90 Å². The molecule has 0 saturated carbocycles. The molecular formula is C12H15N3O5. The van der Waals surface area contributed by atoms with Crippen molar-refractivity contribution in [2.45, 2.75) is 19.4 Å². The molecule has 8 heteroatoms. The smallest absolute Gasteiger partial charge is 0.339 e. The van der Waals surface area contributed by atoms with Gasteiger partial charge in [0.2, 0.25) is 0 Å². The van der Waals surface area contributed by atoms with Crippen molar-refractivity contribution in [2.75, 3.05) is 18.0 Å². The number of anilines is 1. The summed E-state index contributed by atoms with van der Waals surface area (Å²) >= 11 is 0. The minimum Gasteiger partial charge on any atom is -0.478 e. The Labute approximate surface area is 114 Å². The van der Waals surface area contributed by atoms with E-state index in [-0.39, 0.29) is 29.5 Å². The van der Waals surface area contributed by atoms with Crippen LogP contribution in [0.4, 0.5) is 11.5 Å². The van der Waals surface area contributed by atoms with Crippen LogP contribution in [-0.4, -0.2) is 45.3 Å². The highest BCUT2D eigenvalue weighted by Crippen LogP contribution is 2.27. The lowest BCUT2D eigenvalue weighted by atomic mass is 9.96. The van der Waals surface area contributed by atoms with Crippen LogP contribution in [0.15, 0.2) is 12.3 Å². The topological polar surface area (TPSA) is 117 Å². The molecule has 20 heavy (non-hydrogen) atoms. The van der Waals surface area contributed by atoms with E-state index in [2.05, 4.69) is 4.98 Å². The Morgan fingerprint density at radius 1 is 1.60 bits per heavy atom. The number of piperidine rings is 1. The molecule has 1 aromatic rings. The molecular weight excluding hydrogens is 266 g/mol. The van der Waals surface area contributed by atoms with E-state index in [1.165, 1.54) is 0 Å². The third-order valence-corrected chi connectivity index (χ3v) is 3.51. The Kier molecular flexibility index (Phi) is 3.84. The third kappa shape index (κ3) is 2.69. The number of aromatic nitrogens is 1. The number of carboxylic acids is 1. The van der Waals surface area contributed by atoms with Crippen molar-refractivity contribution in [2.24, 2.45) is 5.92 Å². The van der Waals surface area contributed by atoms with E-state index < -0.39 is 17.0 Å². The summed E-state index contributed by atoms with van der Waals surface area (Å²) in [5.74, 6) is -0.976. The van der Waals surface area contributed by atoms with Gasteiger partial charge in [-0.2, -0.15) is 0 Å². The summed E-state index contributed by atoms with van der Waals surface area (Å²) in [6.07, 6.45) is 1.17. The van der Waals surface area contributed by atoms with Crippen LogP contribution in [0.2, 0.25) is 0 Å². The van der Waals surface area contributed by atoms with Crippen LogP contribution in [0.3, 0.4) is 0 Å². The highest BCUT2D eigenvalue weighted by Gasteiger charge is 2.28. The number of β-amino-alcohol motifs (C(OH)–C–C–N with tert-alkyl or cyclic N) is 1. The van der Waals surface area contributed by atoms with Crippen molar-refractivity contribution in [3.8, 4) is 0 Å². The molecule has 0 radical (unpaired) electrons. The molecule has 2 atom stereocenters. The van der Waals surface area contributed by atoms with E-state index in [4.69, 9.17) is 5.11 Å². The summed E-state index contributed by atoms with van der Waals surface area (Å²) in [5, 5.41) is 29.7. The molecule has 2 N–H and O–H groups in total. The van der Waals surface area contributed by atoms with Crippen LogP contribution < -0.4 is 4.90 Å². The molecule has 1 aromatic heterocycles. The fraction of sp³-hybridized carbons (Fsp3) is 0.500. The molecule has 0 aromatic carbocycles. The van der Waals surface area contributed by atoms with Crippen molar-refractivity contribution in [3.63, 3.8) is 0 Å². The van der Waals surface area contributed by atoms with Crippen molar-refractivity contribution >= 4 is 17.5 Å². The van der Waals surface area contributed by atoms with Gasteiger partial charge in [-0.1, -0.05) is 6.92 Å². The van der Waals surface area contributed by atoms with Crippen LogP contribution in [0.25, 0.3) is 0 Å². The van der Waals surface area contributed by atoms with Gasteiger partial charge in [-0.25, -0.2) is 9.78 Å². The predicted octanol–water partition coefficient (Wildman–Crippen LogP) is 0.895. The van der Waals surface area contributed by atoms with Gasteiger partial charge in [0, 0.05) is 19.2 Å². The van der Waals surface area contributed by atoms with Crippen LogP contribution in [0, 0.1) is 16.0 Å². The fourth-order valence-corrected chi connectivity index (χ4v) is 2.20. The monoisotopic (exact) mass is 281 g/mol. The highest BCUT2D eigenvalue weighted by molar-refractivity contribution is 5.94. The number of aromatic carboxylic acids is 1. The highest BCUT2D eigenvalue weighted by atomic mass is 16.6. The first-order valence-electron chi connectivity index (χ1n) is 6.21. The standard InChI is InChI=1S/C12H15N3O5/c1-7-2-3-14(6-10(7)16)11-9(12(17)18)4-8(5-13-11)15(19)20/h4-5,7,10,16H,2-3,6H2,1H3,(H,17,18). The average Bonchev–Trinajstić information content (AvgIpc) is 2.41. The number of rotatable bonds is 3. The number of carbonyl (C=O) groups is 1. The van der Waals surface area contributed by atoms with Gasteiger partial charge in [0.05, 0.1) is 11.0 Å². The minimum atomic E-state index is -1.27. The normalized spacial score (nSPS) is 22.6. The first-order valence-corrected chi connectivity index (χ1v) is 6.21. The first kappa shape index (κ1) is 14.2. The maximum atomic E-state index is 11.2. The van der Waals surface area contributed by atoms with Crippen LogP contribution >= 0.6 is 0 Å². The summed E-state index contributed by atoms with van der Waals surface area (Å²) in [7, 11) is 0. The molecule has 0 spiro atoms. The van der Waals surface area contributed by atoms with Gasteiger partial charge < -0.3 is 15.1 Å². The maximum Gasteiger partial charge on any atom is 0.339 e. The van der Waals surface area contributed by atoms with Gasteiger partial charge in [0.15, 0.2) is 0 Å². The molecule has 0 amide bonds. The molecule has 1 fully saturated rings. The molecule has 2 unspecified atom stereocenters. The number of nitrogens with zero attached hydrogens (tertiary/aromatic N) is 3. The molecule has 2 rings (SSSR count). The number of nitro groups is 1. The zero-order valence-corrected chi connectivity index (χ0v) is 10.9. The van der Waals surface area contributed by atoms with Crippen molar-refractivity contribution in [1.82, 2.24) is 4.98 Å². The van der Waals surface area contributed by atoms with E-state index in [1.807, 2.05) is 6.92 Å². The van der Waals surface area contributed by atoms with Gasteiger partial charge in [-0.3, -0.25) is 10.1 Å². The molecule has 2 heterocycles. The molecule has 1 aliphatic rings. The van der Waals surface area contributed by atoms with E-state index in [0.717, 1.165) is 12.3 Å². The lowest BCUT2D eigenvalue weighted by Gasteiger charge is -2.35. The minimum absolute atomic E-state index is 0.137. The van der Waals surface area contributed by atoms with Gasteiger partial charge in [0.25, 0.3) is 5.69 Å². The Morgan fingerprint density at radius 3 is 2.85 bits per heavy atom. The zero-order valence-electron chi connectivity index (χ0n) is 10.9. The number of pyridine rings is 1. The first-order chi connectivity index (χ1) is 9.40. The van der Waals surface area contributed by atoms with Gasteiger partial charge in [0.1, 0.15) is 17.6 Å². The predicted molar refractivity (Wildman–Crippen MR) is 69.9 cm³/mol. The molecule has 0 aliphatic carbocycles. The number of hydrogen-bond donors (Lipinski definition) is 2. The molecule has 8 nitrogen and oxygen atoms in total. The fourth-order valence-electron chi connectivity index (χ4n) is 2.20. The summed E-state index contributed by atoms with van der Waals surface area (Å²) in [4.78, 5) is 26.8. The van der Waals surface area contributed by atoms with Crippen molar-refractivity contribution in [3.05, 3.63) is 27.9 Å². The van der Waals surface area contributed by atoms with Crippen LogP contribution in [0.5, 0.6) is 0 Å². The van der Waals surface area contributed by atoms with Gasteiger partial charge in [-0.05, 0) is 12.3 Å². The Hall–Kier alpha value is -2.22. The van der Waals surface area contributed by atoms with Crippen LogP contribution in [-0.2, 0) is 0 Å². The number of hydrogen-bond acceptors (Lipinski definition) is 6. The summed E-state index contributed by atoms with van der Waals surface area (Å²) in [6, 6.07) is 0.995. The Bertz CT molecular complexity index is 548. The summed E-state index contributed by atoms with van der Waals surface area (Å²) < 4.78 is 0. The molecule has 108 valence electrons. The molecule has 1 saturated heterocycles. The zero-order chi connectivity index (χ0) is 14.9. The van der Waals surface area contributed by atoms with Gasteiger partial charge >= 0.3 is 5.97 Å². The average molecular weight is 281 g/mol. The second-order valence-electron chi connectivity index (χ2n) is 4.91. The van der Waals surface area contributed by atoms with E-state index in [9.17, 15) is 20.0 Å². The Balaban J connectivity index is 2.36. The maximum absolute atomic E-state index is 11.2. The second-order valence-corrected chi connectivity index (χ2v) is 4.91. The SMILES string of the molecule is CC1CCN(c2ncc([N+](=O)[O-])cc2C(=O)O)CC1O. The molecule has 0 bridgehead atoms. The lowest BCUT2D eigenvalue weighted by molar-refractivity contribution is -0.385. The van der Waals surface area contributed by atoms with E-state index >= 15 is 0 Å². The van der Waals surface area contributed by atoms with Crippen LogP contribution in [0.1, 0.15) is 23.7 Å².